The Morgan fingerprint density at radius 1 is 1.24 bits per heavy atom. The van der Waals surface area contributed by atoms with Crippen molar-refractivity contribution in [1.29, 1.82) is 0 Å². The van der Waals surface area contributed by atoms with Crippen molar-refractivity contribution >= 4 is 0 Å². The van der Waals surface area contributed by atoms with E-state index in [4.69, 9.17) is 10.5 Å². The Labute approximate surface area is 101 Å². The van der Waals surface area contributed by atoms with E-state index in [1.165, 1.54) is 0 Å². The van der Waals surface area contributed by atoms with Crippen LogP contribution in [0.5, 0.6) is 11.6 Å². The van der Waals surface area contributed by atoms with E-state index < -0.39 is 0 Å². The van der Waals surface area contributed by atoms with Crippen LogP contribution in [0.25, 0.3) is 0 Å². The fraction of sp³-hybridized carbons (Fsp3) is 0.214. The molecule has 0 saturated carbocycles. The molecule has 1 atom stereocenters. The number of rotatable bonds is 3. The molecular weight excluding hydrogens is 212 g/mol. The van der Waals surface area contributed by atoms with Crippen molar-refractivity contribution in [2.75, 3.05) is 0 Å². The number of nitrogens with zero attached hydrogens (tertiary/aromatic N) is 1. The average Bonchev–Trinajstić information content (AvgIpc) is 2.29. The van der Waals surface area contributed by atoms with Crippen molar-refractivity contribution in [3.63, 3.8) is 0 Å². The van der Waals surface area contributed by atoms with Gasteiger partial charge in [-0.25, -0.2) is 4.98 Å². The van der Waals surface area contributed by atoms with Crippen LogP contribution in [0.2, 0.25) is 0 Å². The zero-order valence-corrected chi connectivity index (χ0v) is 10.1. The SMILES string of the molecule is Cc1cccc(Oc2cc(C(C)N)ccn2)c1. The van der Waals surface area contributed by atoms with Crippen molar-refractivity contribution in [2.45, 2.75) is 19.9 Å². The highest BCUT2D eigenvalue weighted by molar-refractivity contribution is 5.32. The molecule has 88 valence electrons. The summed E-state index contributed by atoms with van der Waals surface area (Å²) < 4.78 is 5.68. The Balaban J connectivity index is 2.21. The lowest BCUT2D eigenvalue weighted by molar-refractivity contribution is 0.461. The van der Waals surface area contributed by atoms with Crippen LogP contribution in [0, 0.1) is 6.92 Å². The lowest BCUT2D eigenvalue weighted by Gasteiger charge is -2.09. The molecule has 0 bridgehead atoms. The second-order valence-corrected chi connectivity index (χ2v) is 4.13. The first kappa shape index (κ1) is 11.6. The third kappa shape index (κ3) is 3.04. The molecule has 1 aromatic carbocycles. The van der Waals surface area contributed by atoms with Gasteiger partial charge in [-0.3, -0.25) is 0 Å². The molecule has 0 aliphatic carbocycles. The van der Waals surface area contributed by atoms with E-state index >= 15 is 0 Å². The highest BCUT2D eigenvalue weighted by Gasteiger charge is 2.03. The van der Waals surface area contributed by atoms with Crippen molar-refractivity contribution in [2.24, 2.45) is 5.73 Å². The topological polar surface area (TPSA) is 48.1 Å². The van der Waals surface area contributed by atoms with Gasteiger partial charge in [0.1, 0.15) is 5.75 Å². The summed E-state index contributed by atoms with van der Waals surface area (Å²) >= 11 is 0. The molecule has 0 aliphatic rings. The number of aryl methyl sites for hydroxylation is 1. The van der Waals surface area contributed by atoms with Gasteiger partial charge in [0, 0.05) is 18.3 Å². The van der Waals surface area contributed by atoms with Gasteiger partial charge in [0.05, 0.1) is 0 Å². The molecule has 0 spiro atoms. The molecule has 1 heterocycles. The first-order chi connectivity index (χ1) is 8.15. The van der Waals surface area contributed by atoms with Gasteiger partial charge in [-0.1, -0.05) is 12.1 Å². The molecule has 2 rings (SSSR count). The predicted molar refractivity (Wildman–Crippen MR) is 68.1 cm³/mol. The van der Waals surface area contributed by atoms with Gasteiger partial charge in [0.2, 0.25) is 5.88 Å². The van der Waals surface area contributed by atoms with Crippen molar-refractivity contribution in [3.05, 3.63) is 53.7 Å². The van der Waals surface area contributed by atoms with E-state index in [0.29, 0.717) is 5.88 Å². The standard InChI is InChI=1S/C14H16N2O/c1-10-4-3-5-13(8-10)17-14-9-12(11(2)15)6-7-16-14/h3-9,11H,15H2,1-2H3. The Morgan fingerprint density at radius 3 is 2.76 bits per heavy atom. The normalized spacial score (nSPS) is 12.2. The smallest absolute Gasteiger partial charge is 0.219 e. The van der Waals surface area contributed by atoms with Crippen LogP contribution in [-0.2, 0) is 0 Å². The maximum Gasteiger partial charge on any atom is 0.219 e. The molecule has 0 fully saturated rings. The molecule has 17 heavy (non-hydrogen) atoms. The van der Waals surface area contributed by atoms with Crippen LogP contribution in [0.1, 0.15) is 24.1 Å². The third-order valence-electron chi connectivity index (χ3n) is 2.50. The molecule has 3 heteroatoms. The second kappa shape index (κ2) is 4.97. The minimum absolute atomic E-state index is 0.0159. The monoisotopic (exact) mass is 228 g/mol. The Hall–Kier alpha value is -1.87. The number of ether oxygens (including phenoxy) is 1. The molecule has 2 N–H and O–H groups in total. The summed E-state index contributed by atoms with van der Waals surface area (Å²) in [7, 11) is 0. The minimum Gasteiger partial charge on any atom is -0.439 e. The van der Waals surface area contributed by atoms with Crippen molar-refractivity contribution in [1.82, 2.24) is 4.98 Å². The van der Waals surface area contributed by atoms with Gasteiger partial charge in [-0.2, -0.15) is 0 Å². The van der Waals surface area contributed by atoms with Crippen LogP contribution in [0.15, 0.2) is 42.6 Å². The molecule has 0 radical (unpaired) electrons. The summed E-state index contributed by atoms with van der Waals surface area (Å²) in [5.74, 6) is 1.37. The fourth-order valence-corrected chi connectivity index (χ4v) is 1.56. The third-order valence-corrected chi connectivity index (χ3v) is 2.50. The summed E-state index contributed by atoms with van der Waals surface area (Å²) in [6.45, 7) is 3.96. The number of pyridine rings is 1. The first-order valence-corrected chi connectivity index (χ1v) is 5.61. The molecule has 0 saturated heterocycles. The van der Waals surface area contributed by atoms with Gasteiger partial charge in [0.15, 0.2) is 0 Å². The number of aromatic nitrogens is 1. The molecule has 1 unspecified atom stereocenters. The lowest BCUT2D eigenvalue weighted by Crippen LogP contribution is -2.05. The summed E-state index contributed by atoms with van der Waals surface area (Å²) in [6.07, 6.45) is 1.71. The van der Waals surface area contributed by atoms with Crippen LogP contribution < -0.4 is 10.5 Å². The zero-order chi connectivity index (χ0) is 12.3. The quantitative estimate of drug-likeness (QED) is 0.877. The maximum atomic E-state index is 5.82. The second-order valence-electron chi connectivity index (χ2n) is 4.13. The van der Waals surface area contributed by atoms with Gasteiger partial charge in [0.25, 0.3) is 0 Å². The Kier molecular flexibility index (Phi) is 3.40. The highest BCUT2D eigenvalue weighted by Crippen LogP contribution is 2.22. The van der Waals surface area contributed by atoms with E-state index in [9.17, 15) is 0 Å². The minimum atomic E-state index is -0.0159. The van der Waals surface area contributed by atoms with E-state index in [-0.39, 0.29) is 6.04 Å². The van der Waals surface area contributed by atoms with E-state index in [1.807, 2.05) is 50.2 Å². The number of hydrogen-bond acceptors (Lipinski definition) is 3. The molecule has 0 amide bonds. The van der Waals surface area contributed by atoms with E-state index in [1.54, 1.807) is 6.20 Å². The molecular formula is C14H16N2O. The lowest BCUT2D eigenvalue weighted by atomic mass is 10.1. The highest BCUT2D eigenvalue weighted by atomic mass is 16.5. The summed E-state index contributed by atoms with van der Waals surface area (Å²) in [5, 5.41) is 0. The summed E-state index contributed by atoms with van der Waals surface area (Å²) in [4.78, 5) is 4.17. The maximum absolute atomic E-state index is 5.82. The van der Waals surface area contributed by atoms with Crippen LogP contribution >= 0.6 is 0 Å². The Bertz CT molecular complexity index is 509. The summed E-state index contributed by atoms with van der Waals surface area (Å²) in [5.41, 5.74) is 7.99. The van der Waals surface area contributed by atoms with Crippen molar-refractivity contribution < 1.29 is 4.74 Å². The molecule has 2 aromatic rings. The van der Waals surface area contributed by atoms with Crippen molar-refractivity contribution in [3.8, 4) is 11.6 Å². The number of benzene rings is 1. The predicted octanol–water partition coefficient (Wildman–Crippen LogP) is 3.20. The van der Waals surface area contributed by atoms with E-state index in [0.717, 1.165) is 16.9 Å². The fourth-order valence-electron chi connectivity index (χ4n) is 1.56. The number of nitrogens with two attached hydrogens (primary N) is 1. The van der Waals surface area contributed by atoms with Gasteiger partial charge < -0.3 is 10.5 Å². The van der Waals surface area contributed by atoms with Crippen LogP contribution in [0.3, 0.4) is 0 Å². The first-order valence-electron chi connectivity index (χ1n) is 5.61. The molecule has 0 aliphatic heterocycles. The number of hydrogen-bond donors (Lipinski definition) is 1. The zero-order valence-electron chi connectivity index (χ0n) is 10.1. The largest absolute Gasteiger partial charge is 0.439 e. The van der Waals surface area contributed by atoms with Gasteiger partial charge in [-0.15, -0.1) is 0 Å². The average molecular weight is 228 g/mol. The van der Waals surface area contributed by atoms with Crippen LogP contribution in [-0.4, -0.2) is 4.98 Å². The Morgan fingerprint density at radius 2 is 2.06 bits per heavy atom. The summed E-state index contributed by atoms with van der Waals surface area (Å²) in [6, 6.07) is 11.6. The van der Waals surface area contributed by atoms with Crippen LogP contribution in [0.4, 0.5) is 0 Å². The van der Waals surface area contributed by atoms with Gasteiger partial charge in [-0.05, 0) is 43.2 Å². The molecule has 1 aromatic heterocycles. The van der Waals surface area contributed by atoms with Gasteiger partial charge >= 0.3 is 0 Å². The molecule has 3 nitrogen and oxygen atoms in total. The van der Waals surface area contributed by atoms with E-state index in [2.05, 4.69) is 4.98 Å².